The van der Waals surface area contributed by atoms with Crippen LogP contribution in [0.1, 0.15) is 33.0 Å². The van der Waals surface area contributed by atoms with E-state index in [0.29, 0.717) is 13.0 Å². The number of anilines is 2. The van der Waals surface area contributed by atoms with Gasteiger partial charge in [-0.15, -0.1) is 0 Å². The highest BCUT2D eigenvalue weighted by Gasteiger charge is 2.22. The molecule has 5 nitrogen and oxygen atoms in total. The Morgan fingerprint density at radius 2 is 2.06 bits per heavy atom. The maximum absolute atomic E-state index is 11.3. The largest absolute Gasteiger partial charge is 0.365 e. The zero-order valence-electron chi connectivity index (χ0n) is 11.4. The quantitative estimate of drug-likeness (QED) is 0.864. The fourth-order valence-electron chi connectivity index (χ4n) is 1.99. The van der Waals surface area contributed by atoms with Crippen molar-refractivity contribution in [2.24, 2.45) is 0 Å². The zero-order chi connectivity index (χ0) is 13.3. The summed E-state index contributed by atoms with van der Waals surface area (Å²) in [5, 5.41) is 3.33. The van der Waals surface area contributed by atoms with Crippen LogP contribution in [0.4, 0.5) is 11.6 Å². The summed E-state index contributed by atoms with van der Waals surface area (Å²) in [6.07, 6.45) is 0.616. The van der Waals surface area contributed by atoms with Gasteiger partial charge in [-0.2, -0.15) is 0 Å². The lowest BCUT2D eigenvalue weighted by molar-refractivity contribution is -0.116. The fraction of sp³-hybridized carbons (Fsp3) is 0.615. The summed E-state index contributed by atoms with van der Waals surface area (Å²) in [6, 6.07) is 1.91. The molecule has 0 spiro atoms. The Morgan fingerprint density at radius 1 is 1.33 bits per heavy atom. The van der Waals surface area contributed by atoms with Crippen LogP contribution in [0.25, 0.3) is 0 Å². The maximum atomic E-state index is 11.3. The first kappa shape index (κ1) is 12.8. The Morgan fingerprint density at radius 3 is 2.61 bits per heavy atom. The summed E-state index contributed by atoms with van der Waals surface area (Å²) in [7, 11) is 0. The van der Waals surface area contributed by atoms with Crippen molar-refractivity contribution in [2.45, 2.75) is 39.7 Å². The van der Waals surface area contributed by atoms with Crippen LogP contribution in [0.3, 0.4) is 0 Å². The van der Waals surface area contributed by atoms with Gasteiger partial charge >= 0.3 is 0 Å². The highest BCUT2D eigenvalue weighted by molar-refractivity contribution is 5.86. The molecule has 98 valence electrons. The molecule has 0 saturated carbocycles. The van der Waals surface area contributed by atoms with Crippen molar-refractivity contribution in [2.75, 3.05) is 23.3 Å². The third-order valence-electron chi connectivity index (χ3n) is 2.68. The summed E-state index contributed by atoms with van der Waals surface area (Å²) >= 11 is 0. The molecular formula is C13H20N4O. The average molecular weight is 248 g/mol. The Hall–Kier alpha value is -1.65. The molecule has 1 fully saturated rings. The molecule has 5 heteroatoms. The second-order valence-corrected chi connectivity index (χ2v) is 5.74. The number of nitrogens with one attached hydrogen (secondary N) is 1. The molecular weight excluding hydrogens is 228 g/mol. The number of hydrogen-bond acceptors (Lipinski definition) is 5. The predicted octanol–water partition coefficient (Wildman–Crippen LogP) is 1.77. The minimum Gasteiger partial charge on any atom is -0.365 e. The molecule has 0 radical (unpaired) electrons. The van der Waals surface area contributed by atoms with Crippen molar-refractivity contribution in [3.63, 3.8) is 0 Å². The number of rotatable bonds is 2. The first-order chi connectivity index (χ1) is 8.33. The number of nitrogens with zero attached hydrogens (tertiary/aromatic N) is 3. The monoisotopic (exact) mass is 248 g/mol. The molecule has 2 rings (SSSR count). The second kappa shape index (κ2) is 4.55. The number of carbonyl (C=O) groups excluding carboxylic acids is 1. The number of carbonyl (C=O) groups is 1. The first-order valence-electron chi connectivity index (χ1n) is 6.24. The van der Waals surface area contributed by atoms with Gasteiger partial charge in [-0.3, -0.25) is 4.79 Å². The lowest BCUT2D eigenvalue weighted by Gasteiger charge is -2.23. The molecule has 0 atom stereocenters. The van der Waals surface area contributed by atoms with Crippen LogP contribution in [0.5, 0.6) is 0 Å². The molecule has 1 aliphatic heterocycles. The van der Waals surface area contributed by atoms with Crippen molar-refractivity contribution in [1.29, 1.82) is 0 Å². The van der Waals surface area contributed by atoms with Gasteiger partial charge in [0, 0.05) is 24.6 Å². The molecule has 2 heterocycles. The molecule has 0 aromatic carbocycles. The van der Waals surface area contributed by atoms with Gasteiger partial charge in [-0.1, -0.05) is 0 Å². The molecule has 0 aliphatic carbocycles. The van der Waals surface area contributed by atoms with Crippen LogP contribution >= 0.6 is 0 Å². The topological polar surface area (TPSA) is 58.1 Å². The van der Waals surface area contributed by atoms with E-state index in [-0.39, 0.29) is 11.3 Å². The van der Waals surface area contributed by atoms with Crippen LogP contribution in [0.2, 0.25) is 0 Å². The summed E-state index contributed by atoms with van der Waals surface area (Å²) in [5.41, 5.74) is -0.0428. The summed E-state index contributed by atoms with van der Waals surface area (Å²) in [6.45, 7) is 9.35. The number of ketones is 1. The molecule has 1 aromatic heterocycles. The highest BCUT2D eigenvalue weighted by Crippen LogP contribution is 2.21. The second-order valence-electron chi connectivity index (χ2n) is 5.74. The van der Waals surface area contributed by atoms with Crippen molar-refractivity contribution in [3.05, 3.63) is 11.9 Å². The van der Waals surface area contributed by atoms with Crippen molar-refractivity contribution in [1.82, 2.24) is 9.97 Å². The van der Waals surface area contributed by atoms with Crippen LogP contribution in [0, 0.1) is 6.92 Å². The Kier molecular flexibility index (Phi) is 3.24. The van der Waals surface area contributed by atoms with Gasteiger partial charge in [0.1, 0.15) is 17.5 Å². The van der Waals surface area contributed by atoms with Gasteiger partial charge in [0.2, 0.25) is 0 Å². The van der Waals surface area contributed by atoms with E-state index >= 15 is 0 Å². The van der Waals surface area contributed by atoms with Gasteiger partial charge in [-0.05, 0) is 27.7 Å². The third-order valence-corrected chi connectivity index (χ3v) is 2.68. The van der Waals surface area contributed by atoms with E-state index in [4.69, 9.17) is 0 Å². The van der Waals surface area contributed by atoms with Gasteiger partial charge in [0.15, 0.2) is 5.78 Å². The smallest absolute Gasteiger partial charge is 0.153 e. The lowest BCUT2D eigenvalue weighted by atomic mass is 10.1. The summed E-state index contributed by atoms with van der Waals surface area (Å²) < 4.78 is 0. The predicted molar refractivity (Wildman–Crippen MR) is 72.0 cm³/mol. The van der Waals surface area contributed by atoms with E-state index in [9.17, 15) is 4.79 Å². The Balaban J connectivity index is 2.24. The molecule has 1 aromatic rings. The number of aryl methyl sites for hydroxylation is 1. The van der Waals surface area contributed by atoms with E-state index in [1.54, 1.807) is 0 Å². The average Bonchev–Trinajstić information content (AvgIpc) is 2.61. The van der Waals surface area contributed by atoms with Crippen LogP contribution < -0.4 is 10.2 Å². The molecule has 0 unspecified atom stereocenters. The molecule has 0 amide bonds. The molecule has 18 heavy (non-hydrogen) atoms. The first-order valence-corrected chi connectivity index (χ1v) is 6.24. The molecule has 1 N–H and O–H groups in total. The number of Topliss-reactive ketones (excluding diaryl/α,β-unsaturated/α-hetero) is 1. The van der Waals surface area contributed by atoms with E-state index in [1.807, 2.05) is 17.9 Å². The van der Waals surface area contributed by atoms with Crippen molar-refractivity contribution < 1.29 is 4.79 Å². The lowest BCUT2D eigenvalue weighted by Crippen LogP contribution is -2.28. The Bertz CT molecular complexity index is 465. The summed E-state index contributed by atoms with van der Waals surface area (Å²) in [4.78, 5) is 22.1. The van der Waals surface area contributed by atoms with Gasteiger partial charge in [0.25, 0.3) is 0 Å². The Labute approximate surface area is 108 Å². The van der Waals surface area contributed by atoms with E-state index in [0.717, 1.165) is 24.0 Å². The van der Waals surface area contributed by atoms with E-state index in [1.165, 1.54) is 0 Å². The van der Waals surface area contributed by atoms with Gasteiger partial charge in [0.05, 0.1) is 6.54 Å². The minimum absolute atomic E-state index is 0.0428. The van der Waals surface area contributed by atoms with E-state index in [2.05, 4.69) is 36.1 Å². The summed E-state index contributed by atoms with van der Waals surface area (Å²) in [5.74, 6) is 2.64. The SMILES string of the molecule is Cc1nc(NC(C)(C)C)cc(N2CCC(=O)C2)n1. The van der Waals surface area contributed by atoms with Gasteiger partial charge < -0.3 is 10.2 Å². The van der Waals surface area contributed by atoms with Crippen LogP contribution in [0.15, 0.2) is 6.07 Å². The van der Waals surface area contributed by atoms with E-state index < -0.39 is 0 Å². The van der Waals surface area contributed by atoms with Crippen LogP contribution in [-0.2, 0) is 4.79 Å². The maximum Gasteiger partial charge on any atom is 0.153 e. The number of aromatic nitrogens is 2. The highest BCUT2D eigenvalue weighted by atomic mass is 16.1. The zero-order valence-corrected chi connectivity index (χ0v) is 11.4. The van der Waals surface area contributed by atoms with Crippen LogP contribution in [-0.4, -0.2) is 34.4 Å². The standard InChI is InChI=1S/C13H20N4O/c1-9-14-11(16-13(2,3)4)7-12(15-9)17-6-5-10(18)8-17/h7H,5-6,8H2,1-4H3,(H,14,15,16). The molecule has 1 aliphatic rings. The minimum atomic E-state index is -0.0428. The van der Waals surface area contributed by atoms with Crippen molar-refractivity contribution in [3.8, 4) is 0 Å². The van der Waals surface area contributed by atoms with Crippen molar-refractivity contribution >= 4 is 17.4 Å². The fourth-order valence-corrected chi connectivity index (χ4v) is 1.99. The number of hydrogen-bond donors (Lipinski definition) is 1. The third kappa shape index (κ3) is 3.18. The normalized spacial score (nSPS) is 16.2. The van der Waals surface area contributed by atoms with Gasteiger partial charge in [-0.25, -0.2) is 9.97 Å². The molecule has 1 saturated heterocycles. The molecule has 0 bridgehead atoms.